The summed E-state index contributed by atoms with van der Waals surface area (Å²) in [6.07, 6.45) is 4.07. The van der Waals surface area contributed by atoms with Crippen LogP contribution < -0.4 is 5.73 Å². The van der Waals surface area contributed by atoms with Crippen molar-refractivity contribution in [1.29, 1.82) is 0 Å². The van der Waals surface area contributed by atoms with Crippen molar-refractivity contribution in [3.63, 3.8) is 0 Å². The van der Waals surface area contributed by atoms with E-state index in [1.807, 2.05) is 32.9 Å². The molecular formula is C10H17NO2. The van der Waals surface area contributed by atoms with Crippen LogP contribution in [0.4, 0.5) is 0 Å². The summed E-state index contributed by atoms with van der Waals surface area (Å²) in [5, 5.41) is 0. The Hall–Kier alpha value is -0.640. The van der Waals surface area contributed by atoms with Crippen molar-refractivity contribution in [2.24, 2.45) is 5.73 Å². The lowest BCUT2D eigenvalue weighted by Crippen LogP contribution is -2.36. The molecule has 1 aliphatic rings. The second-order valence-corrected chi connectivity index (χ2v) is 3.51. The Balaban J connectivity index is 2.48. The molecule has 0 aliphatic heterocycles. The Morgan fingerprint density at radius 2 is 2.15 bits per heavy atom. The van der Waals surface area contributed by atoms with E-state index >= 15 is 0 Å². The van der Waals surface area contributed by atoms with Crippen LogP contribution in [0.15, 0.2) is 23.3 Å². The number of hydrogen-bond acceptors (Lipinski definition) is 3. The van der Waals surface area contributed by atoms with Crippen molar-refractivity contribution < 1.29 is 9.78 Å². The third-order valence-corrected chi connectivity index (χ3v) is 2.04. The van der Waals surface area contributed by atoms with Gasteiger partial charge in [0.1, 0.15) is 6.61 Å². The molecule has 1 atom stereocenters. The van der Waals surface area contributed by atoms with E-state index in [4.69, 9.17) is 15.5 Å². The number of rotatable bonds is 4. The fourth-order valence-electron chi connectivity index (χ4n) is 1.42. The van der Waals surface area contributed by atoms with Gasteiger partial charge in [0.2, 0.25) is 0 Å². The van der Waals surface area contributed by atoms with Crippen molar-refractivity contribution in [3.8, 4) is 0 Å². The lowest BCUT2D eigenvalue weighted by atomic mass is 9.98. The highest BCUT2D eigenvalue weighted by atomic mass is 17.2. The van der Waals surface area contributed by atoms with Crippen molar-refractivity contribution >= 4 is 0 Å². The van der Waals surface area contributed by atoms with Gasteiger partial charge < -0.3 is 5.73 Å². The van der Waals surface area contributed by atoms with Crippen LogP contribution in [0, 0.1) is 0 Å². The van der Waals surface area contributed by atoms with Crippen LogP contribution in [0.25, 0.3) is 0 Å². The molecule has 0 spiro atoms. The van der Waals surface area contributed by atoms with Gasteiger partial charge in [-0.1, -0.05) is 17.7 Å². The van der Waals surface area contributed by atoms with Crippen LogP contribution in [0.3, 0.4) is 0 Å². The average molecular weight is 183 g/mol. The van der Waals surface area contributed by atoms with Crippen LogP contribution >= 0.6 is 0 Å². The van der Waals surface area contributed by atoms with E-state index in [0.717, 1.165) is 5.57 Å². The maximum Gasteiger partial charge on any atom is 0.106 e. The molecule has 0 aromatic heterocycles. The zero-order chi connectivity index (χ0) is 9.90. The molecule has 13 heavy (non-hydrogen) atoms. The summed E-state index contributed by atoms with van der Waals surface area (Å²) in [5.74, 6) is 0. The van der Waals surface area contributed by atoms with E-state index in [1.54, 1.807) is 0 Å². The first-order valence-corrected chi connectivity index (χ1v) is 4.50. The van der Waals surface area contributed by atoms with E-state index in [0.29, 0.717) is 13.2 Å². The molecule has 1 unspecified atom stereocenters. The maximum atomic E-state index is 6.01. The van der Waals surface area contributed by atoms with E-state index in [2.05, 4.69) is 0 Å². The molecule has 3 heteroatoms. The Morgan fingerprint density at radius 1 is 1.46 bits per heavy atom. The molecule has 0 saturated heterocycles. The summed E-state index contributed by atoms with van der Waals surface area (Å²) in [5.41, 5.74) is 7.88. The highest BCUT2D eigenvalue weighted by Crippen LogP contribution is 2.25. The van der Waals surface area contributed by atoms with Crippen molar-refractivity contribution in [2.45, 2.75) is 26.3 Å². The first kappa shape index (κ1) is 10.4. The van der Waals surface area contributed by atoms with Crippen LogP contribution in [0.5, 0.6) is 0 Å². The van der Waals surface area contributed by atoms with E-state index < -0.39 is 0 Å². The smallest absolute Gasteiger partial charge is 0.106 e. The zero-order valence-corrected chi connectivity index (χ0v) is 8.46. The Kier molecular flexibility index (Phi) is 3.25. The topological polar surface area (TPSA) is 44.5 Å². The van der Waals surface area contributed by atoms with E-state index in [-0.39, 0.29) is 5.54 Å². The number of allylic oxidation sites excluding steroid dienone is 2. The minimum Gasteiger partial charge on any atom is -0.319 e. The summed E-state index contributed by atoms with van der Waals surface area (Å²) >= 11 is 0. The highest BCUT2D eigenvalue weighted by Gasteiger charge is 2.25. The Labute approximate surface area is 79.1 Å². The van der Waals surface area contributed by atoms with Gasteiger partial charge in [-0.2, -0.15) is 0 Å². The molecule has 0 fully saturated rings. The van der Waals surface area contributed by atoms with Crippen molar-refractivity contribution in [2.75, 3.05) is 13.2 Å². The first-order chi connectivity index (χ1) is 6.06. The number of hydrogen-bond donors (Lipinski definition) is 1. The van der Waals surface area contributed by atoms with Gasteiger partial charge in [0.15, 0.2) is 0 Å². The normalized spacial score (nSPS) is 27.4. The third kappa shape index (κ3) is 2.66. The van der Waals surface area contributed by atoms with Crippen molar-refractivity contribution in [3.05, 3.63) is 23.3 Å². The Morgan fingerprint density at radius 3 is 2.62 bits per heavy atom. The molecule has 0 saturated carbocycles. The first-order valence-electron chi connectivity index (χ1n) is 4.50. The minimum atomic E-state index is -0.374. The molecule has 3 nitrogen and oxygen atoms in total. The second kappa shape index (κ2) is 4.05. The zero-order valence-electron chi connectivity index (χ0n) is 8.46. The molecule has 74 valence electrons. The molecular weight excluding hydrogens is 166 g/mol. The summed E-state index contributed by atoms with van der Waals surface area (Å²) in [6.45, 7) is 6.87. The molecule has 0 heterocycles. The highest BCUT2D eigenvalue weighted by molar-refractivity contribution is 5.42. The van der Waals surface area contributed by atoms with Gasteiger partial charge in [0.25, 0.3) is 0 Å². The van der Waals surface area contributed by atoms with Crippen LogP contribution in [-0.2, 0) is 9.78 Å². The molecule has 2 N–H and O–H groups in total. The van der Waals surface area contributed by atoms with Gasteiger partial charge in [-0.3, -0.25) is 0 Å². The second-order valence-electron chi connectivity index (χ2n) is 3.51. The van der Waals surface area contributed by atoms with Crippen LogP contribution in [0.1, 0.15) is 20.8 Å². The predicted molar refractivity (Wildman–Crippen MR) is 52.0 cm³/mol. The SMILES string of the molecule is CCOOCC1=CC(C)=CC1(C)N. The molecule has 0 amide bonds. The summed E-state index contributed by atoms with van der Waals surface area (Å²) in [6, 6.07) is 0. The van der Waals surface area contributed by atoms with Gasteiger partial charge >= 0.3 is 0 Å². The maximum absolute atomic E-state index is 6.01. The fourth-order valence-corrected chi connectivity index (χ4v) is 1.42. The molecule has 0 radical (unpaired) electrons. The molecule has 1 rings (SSSR count). The van der Waals surface area contributed by atoms with E-state index in [1.165, 1.54) is 5.57 Å². The minimum absolute atomic E-state index is 0.374. The van der Waals surface area contributed by atoms with Gasteiger partial charge in [-0.05, 0) is 26.3 Å². The van der Waals surface area contributed by atoms with Gasteiger partial charge in [0, 0.05) is 0 Å². The lowest BCUT2D eigenvalue weighted by molar-refractivity contribution is -0.285. The summed E-state index contributed by atoms with van der Waals surface area (Å²) < 4.78 is 0. The molecule has 0 aromatic rings. The predicted octanol–water partition coefficient (Wildman–Crippen LogP) is 1.56. The summed E-state index contributed by atoms with van der Waals surface area (Å²) in [4.78, 5) is 9.77. The molecule has 0 bridgehead atoms. The van der Waals surface area contributed by atoms with Gasteiger partial charge in [-0.15, -0.1) is 0 Å². The van der Waals surface area contributed by atoms with E-state index in [9.17, 15) is 0 Å². The molecule has 1 aliphatic carbocycles. The lowest BCUT2D eigenvalue weighted by Gasteiger charge is -2.19. The Bertz CT molecular complexity index is 241. The van der Waals surface area contributed by atoms with Crippen LogP contribution in [-0.4, -0.2) is 18.8 Å². The van der Waals surface area contributed by atoms with Crippen LogP contribution in [0.2, 0.25) is 0 Å². The third-order valence-electron chi connectivity index (χ3n) is 2.04. The monoisotopic (exact) mass is 183 g/mol. The van der Waals surface area contributed by atoms with Gasteiger partial charge in [-0.25, -0.2) is 9.78 Å². The standard InChI is InChI=1S/C10H17NO2/c1-4-12-13-7-9-5-8(2)6-10(9,3)11/h5-6H,4,7,11H2,1-3H3. The van der Waals surface area contributed by atoms with Gasteiger partial charge in [0.05, 0.1) is 12.1 Å². The summed E-state index contributed by atoms with van der Waals surface area (Å²) in [7, 11) is 0. The average Bonchev–Trinajstić information content (AvgIpc) is 2.25. The van der Waals surface area contributed by atoms with Crippen molar-refractivity contribution in [1.82, 2.24) is 0 Å². The quantitative estimate of drug-likeness (QED) is 0.408. The largest absolute Gasteiger partial charge is 0.319 e. The number of nitrogens with two attached hydrogens (primary N) is 1. The molecule has 0 aromatic carbocycles. The fraction of sp³-hybridized carbons (Fsp3) is 0.600.